The van der Waals surface area contributed by atoms with Crippen molar-refractivity contribution in [3.05, 3.63) is 22.4 Å². The molecule has 0 radical (unpaired) electrons. The van der Waals surface area contributed by atoms with Crippen LogP contribution in [0.4, 0.5) is 0 Å². The van der Waals surface area contributed by atoms with E-state index in [1.807, 2.05) is 21.7 Å². The molecule has 2 atom stereocenters. The molecule has 122 valence electrons. The zero-order valence-corrected chi connectivity index (χ0v) is 14.0. The number of fused-ring (bicyclic) bond motifs is 1. The summed E-state index contributed by atoms with van der Waals surface area (Å²) in [7, 11) is 0. The van der Waals surface area contributed by atoms with Gasteiger partial charge in [-0.3, -0.25) is 9.59 Å². The van der Waals surface area contributed by atoms with Gasteiger partial charge >= 0.3 is 0 Å². The molecule has 2 N–H and O–H groups in total. The van der Waals surface area contributed by atoms with Gasteiger partial charge in [-0.2, -0.15) is 11.3 Å². The molecule has 3 heterocycles. The fourth-order valence-electron chi connectivity index (χ4n) is 3.15. The van der Waals surface area contributed by atoms with Crippen molar-refractivity contribution in [3.8, 4) is 0 Å². The van der Waals surface area contributed by atoms with Crippen LogP contribution in [0.5, 0.6) is 0 Å². The van der Waals surface area contributed by atoms with E-state index in [2.05, 4.69) is 10.6 Å². The monoisotopic (exact) mass is 343 g/mol. The molecule has 2 aliphatic rings. The highest BCUT2D eigenvalue weighted by Crippen LogP contribution is 2.26. The molecule has 0 saturated carbocycles. The van der Waals surface area contributed by atoms with Crippen LogP contribution in [0.3, 0.4) is 0 Å². The van der Waals surface area contributed by atoms with Crippen LogP contribution in [0.2, 0.25) is 0 Å². The number of nitrogens with one attached hydrogen (secondary N) is 2. The summed E-state index contributed by atoms with van der Waals surface area (Å²) < 4.78 is 0. The third kappa shape index (κ3) is 4.00. The summed E-state index contributed by atoms with van der Waals surface area (Å²) in [4.78, 5) is 25.9. The Labute approximate surface area is 140 Å². The van der Waals surface area contributed by atoms with Crippen molar-refractivity contribution in [3.63, 3.8) is 0 Å². The topological polar surface area (TPSA) is 61.4 Å². The van der Waals surface area contributed by atoms with Crippen LogP contribution in [-0.4, -0.2) is 49.4 Å². The fraction of sp³-hybridized carbons (Fsp3) is 0.600. The molecule has 0 unspecified atom stereocenters. The lowest BCUT2D eigenvalue weighted by Gasteiger charge is -2.17. The number of carbonyl (C=O) groups is 2. The quantitative estimate of drug-likeness (QED) is 0.793. The first-order chi connectivity index (χ1) is 10.2. The van der Waals surface area contributed by atoms with Gasteiger partial charge in [-0.05, 0) is 29.7 Å². The minimum atomic E-state index is -0.0505. The van der Waals surface area contributed by atoms with Crippen molar-refractivity contribution in [2.75, 3.05) is 32.7 Å². The normalized spacial score (nSPS) is 23.0. The predicted octanol–water partition coefficient (Wildman–Crippen LogP) is 1.36. The lowest BCUT2D eigenvalue weighted by molar-refractivity contribution is -0.130. The summed E-state index contributed by atoms with van der Waals surface area (Å²) in [5.41, 5.74) is 0.700. The molecule has 0 aromatic carbocycles. The standard InChI is InChI=1S/C15H21N3O2S.ClH/c19-14(18-8-12-6-16-7-13(12)9-18)2-1-4-17-15(20)11-3-5-21-10-11;/h3,5,10,12-13,16H,1-2,4,6-9H2,(H,17,20);1H/t12-,13+;. The van der Waals surface area contributed by atoms with E-state index in [9.17, 15) is 9.59 Å². The van der Waals surface area contributed by atoms with Crippen molar-refractivity contribution in [1.29, 1.82) is 0 Å². The van der Waals surface area contributed by atoms with E-state index in [1.165, 1.54) is 11.3 Å². The lowest BCUT2D eigenvalue weighted by atomic mass is 10.0. The maximum Gasteiger partial charge on any atom is 0.252 e. The number of hydrogen-bond acceptors (Lipinski definition) is 4. The number of halogens is 1. The zero-order chi connectivity index (χ0) is 14.7. The Kier molecular flexibility index (Phi) is 6.23. The Balaban J connectivity index is 0.00000176. The number of nitrogens with zero attached hydrogens (tertiary/aromatic N) is 1. The summed E-state index contributed by atoms with van der Waals surface area (Å²) in [6.45, 7) is 4.45. The highest BCUT2D eigenvalue weighted by atomic mass is 35.5. The fourth-order valence-corrected chi connectivity index (χ4v) is 3.79. The van der Waals surface area contributed by atoms with Crippen LogP contribution in [0.15, 0.2) is 16.8 Å². The van der Waals surface area contributed by atoms with E-state index < -0.39 is 0 Å². The molecule has 22 heavy (non-hydrogen) atoms. The summed E-state index contributed by atoms with van der Waals surface area (Å²) in [5, 5.41) is 9.95. The maximum atomic E-state index is 12.1. The Bertz CT molecular complexity index is 497. The van der Waals surface area contributed by atoms with Crippen molar-refractivity contribution in [1.82, 2.24) is 15.5 Å². The molecule has 2 aliphatic heterocycles. The minimum absolute atomic E-state index is 0. The summed E-state index contributed by atoms with van der Waals surface area (Å²) >= 11 is 1.51. The number of likely N-dealkylation sites (tertiary alicyclic amines) is 1. The molecule has 0 spiro atoms. The molecule has 1 aromatic rings. The minimum Gasteiger partial charge on any atom is -0.352 e. The van der Waals surface area contributed by atoms with Gasteiger partial charge in [-0.1, -0.05) is 0 Å². The Hall–Kier alpha value is -1.11. The summed E-state index contributed by atoms with van der Waals surface area (Å²) in [6, 6.07) is 1.81. The first-order valence-corrected chi connectivity index (χ1v) is 8.47. The zero-order valence-electron chi connectivity index (χ0n) is 12.4. The summed E-state index contributed by atoms with van der Waals surface area (Å²) in [5.74, 6) is 1.47. The Morgan fingerprint density at radius 3 is 2.68 bits per heavy atom. The van der Waals surface area contributed by atoms with Gasteiger partial charge in [0, 0.05) is 50.1 Å². The highest BCUT2D eigenvalue weighted by Gasteiger charge is 2.37. The molecular formula is C15H22ClN3O2S. The molecule has 5 nitrogen and oxygen atoms in total. The van der Waals surface area contributed by atoms with E-state index in [1.54, 1.807) is 0 Å². The van der Waals surface area contributed by atoms with Crippen LogP contribution in [0.25, 0.3) is 0 Å². The molecule has 2 amide bonds. The first-order valence-electron chi connectivity index (χ1n) is 7.53. The van der Waals surface area contributed by atoms with Crippen LogP contribution in [0.1, 0.15) is 23.2 Å². The van der Waals surface area contributed by atoms with Crippen molar-refractivity contribution < 1.29 is 9.59 Å². The van der Waals surface area contributed by atoms with Gasteiger partial charge in [0.05, 0.1) is 0 Å². The smallest absolute Gasteiger partial charge is 0.252 e. The molecule has 0 bridgehead atoms. The number of amides is 2. The number of hydrogen-bond donors (Lipinski definition) is 2. The second-order valence-electron chi connectivity index (χ2n) is 5.85. The van der Waals surface area contributed by atoms with Gasteiger partial charge in [0.2, 0.25) is 5.91 Å². The maximum absolute atomic E-state index is 12.1. The van der Waals surface area contributed by atoms with Crippen LogP contribution in [-0.2, 0) is 4.79 Å². The van der Waals surface area contributed by atoms with E-state index >= 15 is 0 Å². The predicted molar refractivity (Wildman–Crippen MR) is 89.6 cm³/mol. The van der Waals surface area contributed by atoms with E-state index in [-0.39, 0.29) is 24.2 Å². The summed E-state index contributed by atoms with van der Waals surface area (Å²) in [6.07, 6.45) is 1.23. The molecule has 7 heteroatoms. The van der Waals surface area contributed by atoms with E-state index in [4.69, 9.17) is 0 Å². The largest absolute Gasteiger partial charge is 0.352 e. The van der Waals surface area contributed by atoms with Gasteiger partial charge in [0.1, 0.15) is 0 Å². The molecule has 2 saturated heterocycles. The Morgan fingerprint density at radius 2 is 2.05 bits per heavy atom. The SMILES string of the molecule is Cl.O=C(NCCCC(=O)N1C[C@H]2CNC[C@H]2C1)c1ccsc1. The lowest BCUT2D eigenvalue weighted by Crippen LogP contribution is -2.32. The van der Waals surface area contributed by atoms with Gasteiger partial charge in [-0.25, -0.2) is 0 Å². The highest BCUT2D eigenvalue weighted by molar-refractivity contribution is 7.08. The third-order valence-electron chi connectivity index (χ3n) is 4.38. The van der Waals surface area contributed by atoms with Crippen molar-refractivity contribution >= 4 is 35.6 Å². The van der Waals surface area contributed by atoms with Gasteiger partial charge < -0.3 is 15.5 Å². The van der Waals surface area contributed by atoms with Crippen LogP contribution in [0, 0.1) is 11.8 Å². The average molecular weight is 344 g/mol. The van der Waals surface area contributed by atoms with Gasteiger partial charge in [0.25, 0.3) is 5.91 Å². The first kappa shape index (κ1) is 17.2. The van der Waals surface area contributed by atoms with Gasteiger partial charge in [0.15, 0.2) is 0 Å². The van der Waals surface area contributed by atoms with Crippen molar-refractivity contribution in [2.24, 2.45) is 11.8 Å². The molecule has 2 fully saturated rings. The van der Waals surface area contributed by atoms with Crippen molar-refractivity contribution in [2.45, 2.75) is 12.8 Å². The molecular weight excluding hydrogens is 322 g/mol. The molecule has 3 rings (SSSR count). The van der Waals surface area contributed by atoms with Crippen LogP contribution >= 0.6 is 23.7 Å². The number of carbonyl (C=O) groups excluding carboxylic acids is 2. The second kappa shape index (κ2) is 7.94. The molecule has 1 aromatic heterocycles. The second-order valence-corrected chi connectivity index (χ2v) is 6.63. The third-order valence-corrected chi connectivity index (χ3v) is 5.06. The average Bonchev–Trinajstić information content (AvgIpc) is 3.17. The molecule has 0 aliphatic carbocycles. The van der Waals surface area contributed by atoms with Crippen LogP contribution < -0.4 is 10.6 Å². The Morgan fingerprint density at radius 1 is 1.32 bits per heavy atom. The number of rotatable bonds is 5. The van der Waals surface area contributed by atoms with Gasteiger partial charge in [-0.15, -0.1) is 12.4 Å². The van der Waals surface area contributed by atoms with E-state index in [0.29, 0.717) is 36.8 Å². The number of thiophene rings is 1. The van der Waals surface area contributed by atoms with E-state index in [0.717, 1.165) is 26.2 Å².